The van der Waals surface area contributed by atoms with E-state index in [2.05, 4.69) is 0 Å². The molecule has 2 aliphatic heterocycles. The summed E-state index contributed by atoms with van der Waals surface area (Å²) in [6.07, 6.45) is -2.02. The van der Waals surface area contributed by atoms with Crippen molar-refractivity contribution in [1.82, 2.24) is 4.90 Å². The first-order chi connectivity index (χ1) is 16.1. The molecule has 2 aromatic rings. The molecule has 0 aliphatic carbocycles. The van der Waals surface area contributed by atoms with E-state index < -0.39 is 22.4 Å². The minimum Gasteiger partial charge on any atom is -0.366 e. The fraction of sp³-hybridized carbons (Fsp3) is 0.458. The van der Waals surface area contributed by atoms with Crippen molar-refractivity contribution < 1.29 is 22.9 Å². The van der Waals surface area contributed by atoms with Crippen LogP contribution < -0.4 is 4.90 Å². The summed E-state index contributed by atoms with van der Waals surface area (Å²) in [4.78, 5) is 27.8. The number of anilines is 1. The molecule has 2 aliphatic rings. The van der Waals surface area contributed by atoms with Gasteiger partial charge in [-0.25, -0.2) is 0 Å². The Balaban J connectivity index is 1.49. The second kappa shape index (κ2) is 9.44. The summed E-state index contributed by atoms with van der Waals surface area (Å²) in [7, 11) is 0. The quantitative estimate of drug-likeness (QED) is 0.372. The summed E-state index contributed by atoms with van der Waals surface area (Å²) in [5, 5.41) is 12.1. The summed E-state index contributed by atoms with van der Waals surface area (Å²) < 4.78 is 39.1. The number of benzene rings is 2. The number of halogens is 4. The zero-order valence-corrected chi connectivity index (χ0v) is 19.4. The minimum absolute atomic E-state index is 0.0384. The van der Waals surface area contributed by atoms with Gasteiger partial charge in [-0.2, -0.15) is 13.2 Å². The molecule has 2 fully saturated rings. The zero-order valence-electron chi connectivity index (χ0n) is 18.6. The van der Waals surface area contributed by atoms with Crippen molar-refractivity contribution in [3.8, 4) is 0 Å². The smallest absolute Gasteiger partial charge is 0.366 e. The zero-order chi connectivity index (χ0) is 24.6. The number of likely N-dealkylation sites (tertiary alicyclic amines) is 1. The lowest BCUT2D eigenvalue weighted by Crippen LogP contribution is -2.44. The minimum atomic E-state index is -4.66. The van der Waals surface area contributed by atoms with Gasteiger partial charge in [-0.1, -0.05) is 29.8 Å². The van der Waals surface area contributed by atoms with Crippen molar-refractivity contribution in [2.24, 2.45) is 5.92 Å². The number of nitro benzene ring substituents is 1. The molecule has 0 aromatic heterocycles. The maximum atomic E-state index is 13.5. The molecule has 0 bridgehead atoms. The van der Waals surface area contributed by atoms with E-state index in [4.69, 9.17) is 11.6 Å². The lowest BCUT2D eigenvalue weighted by Gasteiger charge is -2.37. The highest BCUT2D eigenvalue weighted by Crippen LogP contribution is 2.42. The maximum absolute atomic E-state index is 13.5. The first kappa shape index (κ1) is 24.3. The van der Waals surface area contributed by atoms with Crippen molar-refractivity contribution in [3.63, 3.8) is 0 Å². The van der Waals surface area contributed by atoms with Crippen molar-refractivity contribution in [3.05, 3.63) is 68.7 Å². The lowest BCUT2D eigenvalue weighted by molar-refractivity contribution is -0.384. The van der Waals surface area contributed by atoms with Crippen LogP contribution in [0.3, 0.4) is 0 Å². The van der Waals surface area contributed by atoms with Crippen LogP contribution in [-0.4, -0.2) is 34.9 Å². The number of alkyl halides is 3. The summed E-state index contributed by atoms with van der Waals surface area (Å²) in [5.74, 6) is -0.216. The Labute approximate surface area is 200 Å². The number of hydrogen-bond donors (Lipinski definition) is 0. The topological polar surface area (TPSA) is 66.7 Å². The molecule has 0 spiro atoms. The van der Waals surface area contributed by atoms with E-state index in [-0.39, 0.29) is 29.6 Å². The largest absolute Gasteiger partial charge is 0.416 e. The number of piperidine rings is 1. The number of hydrogen-bond acceptors (Lipinski definition) is 4. The van der Waals surface area contributed by atoms with Crippen LogP contribution in [0, 0.1) is 16.0 Å². The highest BCUT2D eigenvalue weighted by atomic mass is 35.5. The van der Waals surface area contributed by atoms with E-state index in [1.165, 1.54) is 0 Å². The first-order valence-corrected chi connectivity index (χ1v) is 11.6. The van der Waals surface area contributed by atoms with Crippen molar-refractivity contribution in [2.75, 3.05) is 18.0 Å². The number of nitrogens with zero attached hydrogens (tertiary/aromatic N) is 3. The summed E-state index contributed by atoms with van der Waals surface area (Å²) in [5.41, 5.74) is -0.555. The Kier molecular flexibility index (Phi) is 6.75. The Hall–Kier alpha value is -2.81. The molecular formula is C24H25ClF3N3O3. The molecule has 4 rings (SSSR count). The molecule has 0 radical (unpaired) electrons. The third-order valence-corrected chi connectivity index (χ3v) is 7.22. The van der Waals surface area contributed by atoms with Gasteiger partial charge in [0.25, 0.3) is 5.69 Å². The Morgan fingerprint density at radius 3 is 2.38 bits per heavy atom. The molecule has 1 amide bonds. The van der Waals surface area contributed by atoms with Gasteiger partial charge < -0.3 is 9.80 Å². The molecule has 2 heterocycles. The molecule has 0 N–H and O–H groups in total. The van der Waals surface area contributed by atoms with Gasteiger partial charge in [-0.3, -0.25) is 14.9 Å². The third kappa shape index (κ3) is 4.71. The second-order valence-electron chi connectivity index (χ2n) is 8.93. The van der Waals surface area contributed by atoms with Crippen LogP contribution >= 0.6 is 11.6 Å². The molecule has 0 saturated carbocycles. The van der Waals surface area contributed by atoms with Crippen molar-refractivity contribution in [1.29, 1.82) is 0 Å². The Bertz CT molecular complexity index is 1090. The van der Waals surface area contributed by atoms with Crippen LogP contribution in [0.25, 0.3) is 0 Å². The summed E-state index contributed by atoms with van der Waals surface area (Å²) >= 11 is 6.40. The van der Waals surface area contributed by atoms with Crippen LogP contribution in [0.4, 0.5) is 24.5 Å². The van der Waals surface area contributed by atoms with Gasteiger partial charge in [0.05, 0.1) is 16.5 Å². The Morgan fingerprint density at radius 1 is 1.09 bits per heavy atom. The molecule has 2 atom stereocenters. The third-order valence-electron chi connectivity index (χ3n) is 6.87. The van der Waals surface area contributed by atoms with Crippen LogP contribution in [0.5, 0.6) is 0 Å². The van der Waals surface area contributed by atoms with E-state index in [0.29, 0.717) is 37.0 Å². The highest BCUT2D eigenvalue weighted by Gasteiger charge is 2.40. The molecule has 6 nitrogen and oxygen atoms in total. The fourth-order valence-electron chi connectivity index (χ4n) is 5.10. The monoisotopic (exact) mass is 495 g/mol. The molecule has 34 heavy (non-hydrogen) atoms. The van der Waals surface area contributed by atoms with E-state index >= 15 is 0 Å². The van der Waals surface area contributed by atoms with Gasteiger partial charge in [-0.05, 0) is 56.4 Å². The second-order valence-corrected chi connectivity index (χ2v) is 9.34. The molecule has 2 saturated heterocycles. The van der Waals surface area contributed by atoms with Gasteiger partial charge in [0, 0.05) is 36.1 Å². The fourth-order valence-corrected chi connectivity index (χ4v) is 5.36. The molecule has 182 valence electrons. The van der Waals surface area contributed by atoms with Crippen molar-refractivity contribution >= 4 is 28.9 Å². The van der Waals surface area contributed by atoms with Gasteiger partial charge >= 0.3 is 6.18 Å². The van der Waals surface area contributed by atoms with E-state index in [1.807, 2.05) is 36.1 Å². The van der Waals surface area contributed by atoms with Crippen molar-refractivity contribution in [2.45, 2.75) is 50.9 Å². The van der Waals surface area contributed by atoms with E-state index in [9.17, 15) is 28.1 Å². The SMILES string of the molecule is C[C@H]1CC[C@H](c2ccccc2Cl)N1C(=O)C1CCN(c2ccc(C(F)(F)F)cc2[N+](=O)[O-])CC1. The number of nitro groups is 1. The Morgan fingerprint density at radius 2 is 1.76 bits per heavy atom. The molecule has 2 aromatic carbocycles. The predicted molar refractivity (Wildman–Crippen MR) is 123 cm³/mol. The van der Waals surface area contributed by atoms with E-state index in [1.54, 1.807) is 4.90 Å². The number of rotatable bonds is 4. The van der Waals surface area contributed by atoms with Crippen LogP contribution in [0.1, 0.15) is 49.8 Å². The lowest BCUT2D eigenvalue weighted by atomic mass is 9.93. The average Bonchev–Trinajstić information content (AvgIpc) is 3.19. The number of carbonyl (C=O) groups is 1. The summed E-state index contributed by atoms with van der Waals surface area (Å²) in [6, 6.07) is 10.1. The van der Waals surface area contributed by atoms with Gasteiger partial charge in [-0.15, -0.1) is 0 Å². The van der Waals surface area contributed by atoms with Gasteiger partial charge in [0.15, 0.2) is 0 Å². The maximum Gasteiger partial charge on any atom is 0.416 e. The van der Waals surface area contributed by atoms with Crippen LogP contribution in [0.15, 0.2) is 42.5 Å². The highest BCUT2D eigenvalue weighted by molar-refractivity contribution is 6.31. The molecular weight excluding hydrogens is 471 g/mol. The average molecular weight is 496 g/mol. The standard InChI is InChI=1S/C24H25ClF3N3O3/c1-15-6-8-20(18-4-2-3-5-19(18)25)30(15)23(32)16-10-12-29(13-11-16)21-9-7-17(24(26,27)28)14-22(21)31(33)34/h2-5,7,9,14-16,20H,6,8,10-13H2,1H3/t15-,20+/m0/s1. The number of amides is 1. The molecule has 0 unspecified atom stereocenters. The van der Waals surface area contributed by atoms with Gasteiger partial charge in [0.2, 0.25) is 5.91 Å². The summed E-state index contributed by atoms with van der Waals surface area (Å²) in [6.45, 7) is 2.72. The normalized spacial score (nSPS) is 21.7. The van der Waals surface area contributed by atoms with Gasteiger partial charge in [0.1, 0.15) is 5.69 Å². The predicted octanol–water partition coefficient (Wildman–Crippen LogP) is 6.24. The van der Waals surface area contributed by atoms with E-state index in [0.717, 1.165) is 30.5 Å². The molecule has 10 heteroatoms. The van der Waals surface area contributed by atoms with Crippen LogP contribution in [-0.2, 0) is 11.0 Å². The number of carbonyl (C=O) groups excluding carboxylic acids is 1. The van der Waals surface area contributed by atoms with Crippen LogP contribution in [0.2, 0.25) is 5.02 Å². The first-order valence-electron chi connectivity index (χ1n) is 11.2.